The van der Waals surface area contributed by atoms with Gasteiger partial charge in [-0.3, -0.25) is 0 Å². The van der Waals surface area contributed by atoms with Crippen LogP contribution in [0.2, 0.25) is 0 Å². The Bertz CT molecular complexity index is 789. The lowest BCUT2D eigenvalue weighted by Crippen LogP contribution is -2.45. The zero-order valence-electron chi connectivity index (χ0n) is 15.5. The van der Waals surface area contributed by atoms with Crippen molar-refractivity contribution in [2.45, 2.75) is 51.5 Å². The number of sulfonamides is 1. The molecule has 5 heteroatoms. The molecule has 2 rings (SSSR count). The minimum atomic E-state index is -3.59. The van der Waals surface area contributed by atoms with Gasteiger partial charge in [-0.05, 0) is 62.1 Å². The van der Waals surface area contributed by atoms with E-state index in [1.807, 2.05) is 44.2 Å². The van der Waals surface area contributed by atoms with E-state index >= 15 is 0 Å². The minimum Gasteiger partial charge on any atom is -0.457 e. The van der Waals surface area contributed by atoms with Crippen molar-refractivity contribution >= 4 is 10.0 Å². The third-order valence-electron chi connectivity index (χ3n) is 3.50. The van der Waals surface area contributed by atoms with Gasteiger partial charge in [-0.15, -0.1) is 0 Å². The molecular formula is C20H27NO3S. The smallest absolute Gasteiger partial charge is 0.241 e. The first-order valence-electron chi connectivity index (χ1n) is 8.34. The fourth-order valence-electron chi connectivity index (χ4n) is 3.10. The Labute approximate surface area is 151 Å². The van der Waals surface area contributed by atoms with Crippen molar-refractivity contribution in [2.24, 2.45) is 5.41 Å². The molecule has 0 aliphatic rings. The van der Waals surface area contributed by atoms with Gasteiger partial charge in [0, 0.05) is 5.54 Å². The number of rotatable bonds is 6. The number of nitrogens with one attached hydrogen (secondary N) is 1. The van der Waals surface area contributed by atoms with Crippen LogP contribution in [-0.4, -0.2) is 14.0 Å². The molecule has 4 nitrogen and oxygen atoms in total. The van der Waals surface area contributed by atoms with Gasteiger partial charge in [0.05, 0.1) is 4.90 Å². The van der Waals surface area contributed by atoms with E-state index < -0.39 is 15.6 Å². The van der Waals surface area contributed by atoms with E-state index in [2.05, 4.69) is 25.5 Å². The van der Waals surface area contributed by atoms with Crippen LogP contribution >= 0.6 is 0 Å². The Hall–Kier alpha value is -1.85. The molecule has 0 bridgehead atoms. The number of hydrogen-bond donors (Lipinski definition) is 1. The highest BCUT2D eigenvalue weighted by atomic mass is 32.2. The van der Waals surface area contributed by atoms with Gasteiger partial charge < -0.3 is 4.74 Å². The number of hydrogen-bond acceptors (Lipinski definition) is 3. The van der Waals surface area contributed by atoms with Crippen LogP contribution in [0.1, 0.15) is 41.0 Å². The molecule has 0 heterocycles. The van der Waals surface area contributed by atoms with Crippen molar-refractivity contribution in [3.8, 4) is 11.5 Å². The lowest BCUT2D eigenvalue weighted by molar-refractivity contribution is 0.269. The highest BCUT2D eigenvalue weighted by Gasteiger charge is 2.30. The van der Waals surface area contributed by atoms with Gasteiger partial charge in [0.2, 0.25) is 10.0 Å². The number of ether oxygens (including phenoxy) is 1. The summed E-state index contributed by atoms with van der Waals surface area (Å²) in [6.45, 7) is 10.1. The lowest BCUT2D eigenvalue weighted by atomic mass is 9.82. The monoisotopic (exact) mass is 361 g/mol. The van der Waals surface area contributed by atoms with E-state index in [1.54, 1.807) is 24.3 Å². The average Bonchev–Trinajstić information content (AvgIpc) is 2.45. The predicted molar refractivity (Wildman–Crippen MR) is 101 cm³/mol. The molecule has 2 aromatic rings. The zero-order valence-corrected chi connectivity index (χ0v) is 16.4. The molecule has 0 atom stereocenters. The minimum absolute atomic E-state index is 0.0272. The van der Waals surface area contributed by atoms with Crippen LogP contribution in [0.3, 0.4) is 0 Å². The first-order chi connectivity index (χ1) is 11.5. The number of para-hydroxylation sites is 1. The van der Waals surface area contributed by atoms with E-state index in [9.17, 15) is 8.42 Å². The summed E-state index contributed by atoms with van der Waals surface area (Å²) >= 11 is 0. The SMILES string of the molecule is CC(C)(C)CC(C)(C)NS(=O)(=O)c1ccc(Oc2ccccc2)cc1. The van der Waals surface area contributed by atoms with Crippen LogP contribution in [0.25, 0.3) is 0 Å². The van der Waals surface area contributed by atoms with Gasteiger partial charge in [-0.1, -0.05) is 39.0 Å². The molecule has 1 N–H and O–H groups in total. The van der Waals surface area contributed by atoms with Crippen LogP contribution in [0.15, 0.2) is 59.5 Å². The summed E-state index contributed by atoms with van der Waals surface area (Å²) in [5.41, 5.74) is -0.504. The molecule has 2 aromatic carbocycles. The fourth-order valence-corrected chi connectivity index (χ4v) is 4.51. The Morgan fingerprint density at radius 2 is 1.36 bits per heavy atom. The van der Waals surface area contributed by atoms with E-state index in [0.29, 0.717) is 11.5 Å². The van der Waals surface area contributed by atoms with Crippen LogP contribution in [0.4, 0.5) is 0 Å². The molecule has 0 amide bonds. The fraction of sp³-hybridized carbons (Fsp3) is 0.400. The summed E-state index contributed by atoms with van der Waals surface area (Å²) in [5.74, 6) is 1.31. The average molecular weight is 362 g/mol. The molecule has 0 aliphatic carbocycles. The second-order valence-electron chi connectivity index (χ2n) is 8.11. The number of benzene rings is 2. The summed E-state index contributed by atoms with van der Waals surface area (Å²) in [4.78, 5) is 0.231. The molecule has 0 saturated heterocycles. The largest absolute Gasteiger partial charge is 0.457 e. The van der Waals surface area contributed by atoms with Crippen molar-refractivity contribution in [1.29, 1.82) is 0 Å². The Kier molecular flexibility index (Phi) is 5.59. The summed E-state index contributed by atoms with van der Waals surface area (Å²) < 4.78 is 33.8. The maximum absolute atomic E-state index is 12.7. The van der Waals surface area contributed by atoms with Gasteiger partial charge in [-0.25, -0.2) is 13.1 Å². The molecule has 0 saturated carbocycles. The van der Waals surface area contributed by atoms with E-state index in [1.165, 1.54) is 0 Å². The van der Waals surface area contributed by atoms with Crippen molar-refractivity contribution in [3.63, 3.8) is 0 Å². The standard InChI is InChI=1S/C20H27NO3S/c1-19(2,3)15-20(4,5)21-25(22,23)18-13-11-17(12-14-18)24-16-9-7-6-8-10-16/h6-14,21H,15H2,1-5H3. The van der Waals surface area contributed by atoms with E-state index in [4.69, 9.17) is 4.74 Å². The van der Waals surface area contributed by atoms with Gasteiger partial charge in [0.1, 0.15) is 11.5 Å². The maximum atomic E-state index is 12.7. The Morgan fingerprint density at radius 1 is 0.840 bits per heavy atom. The molecule has 0 spiro atoms. The molecular weight excluding hydrogens is 334 g/mol. The topological polar surface area (TPSA) is 55.4 Å². The third kappa shape index (κ3) is 6.18. The second kappa shape index (κ2) is 7.18. The van der Waals surface area contributed by atoms with Gasteiger partial charge in [0.15, 0.2) is 0 Å². The van der Waals surface area contributed by atoms with Gasteiger partial charge >= 0.3 is 0 Å². The first kappa shape index (κ1) is 19.5. The van der Waals surface area contributed by atoms with Crippen molar-refractivity contribution in [3.05, 3.63) is 54.6 Å². The highest BCUT2D eigenvalue weighted by Crippen LogP contribution is 2.29. The van der Waals surface area contributed by atoms with Crippen LogP contribution in [0.5, 0.6) is 11.5 Å². The van der Waals surface area contributed by atoms with Crippen molar-refractivity contribution in [1.82, 2.24) is 4.72 Å². The van der Waals surface area contributed by atoms with Crippen molar-refractivity contribution < 1.29 is 13.2 Å². The Balaban J connectivity index is 2.12. The molecule has 0 fully saturated rings. The van der Waals surface area contributed by atoms with Gasteiger partial charge in [-0.2, -0.15) is 0 Å². The molecule has 0 aromatic heterocycles. The summed E-state index contributed by atoms with van der Waals surface area (Å²) in [5, 5.41) is 0. The molecule has 25 heavy (non-hydrogen) atoms. The van der Waals surface area contributed by atoms with Crippen LogP contribution in [0, 0.1) is 5.41 Å². The van der Waals surface area contributed by atoms with E-state index in [-0.39, 0.29) is 10.3 Å². The first-order valence-corrected chi connectivity index (χ1v) is 9.82. The molecule has 0 aliphatic heterocycles. The molecule has 0 radical (unpaired) electrons. The van der Waals surface area contributed by atoms with Crippen molar-refractivity contribution in [2.75, 3.05) is 0 Å². The summed E-state index contributed by atoms with van der Waals surface area (Å²) in [6, 6.07) is 15.8. The second-order valence-corrected chi connectivity index (χ2v) is 9.80. The third-order valence-corrected chi connectivity index (χ3v) is 5.21. The molecule has 136 valence electrons. The van der Waals surface area contributed by atoms with Crippen LogP contribution < -0.4 is 9.46 Å². The lowest BCUT2D eigenvalue weighted by Gasteiger charge is -2.33. The highest BCUT2D eigenvalue weighted by molar-refractivity contribution is 7.89. The summed E-state index contributed by atoms with van der Waals surface area (Å²) in [7, 11) is -3.59. The zero-order chi connectivity index (χ0) is 18.7. The van der Waals surface area contributed by atoms with Gasteiger partial charge in [0.25, 0.3) is 0 Å². The molecule has 0 unspecified atom stereocenters. The summed E-state index contributed by atoms with van der Waals surface area (Å²) in [6.07, 6.45) is 0.731. The Morgan fingerprint density at radius 3 is 1.88 bits per heavy atom. The normalized spacial score (nSPS) is 12.8. The maximum Gasteiger partial charge on any atom is 0.241 e. The van der Waals surface area contributed by atoms with E-state index in [0.717, 1.165) is 6.42 Å². The van der Waals surface area contributed by atoms with Crippen LogP contribution in [-0.2, 0) is 10.0 Å². The predicted octanol–water partition coefficient (Wildman–Crippen LogP) is 4.97. The quantitative estimate of drug-likeness (QED) is 0.790.